The summed E-state index contributed by atoms with van der Waals surface area (Å²) in [7, 11) is 0. The third-order valence-electron chi connectivity index (χ3n) is 4.81. The highest BCUT2D eigenvalue weighted by atomic mass is 127. The number of nitrogens with zero attached hydrogens (tertiary/aromatic N) is 2. The molecule has 1 heterocycles. The molecule has 0 bridgehead atoms. The van der Waals surface area contributed by atoms with Crippen molar-refractivity contribution in [2.24, 2.45) is 0 Å². The molecule has 1 amide bonds. The molecule has 0 saturated carbocycles. The Balaban J connectivity index is 1.69. The van der Waals surface area contributed by atoms with Gasteiger partial charge in [-0.3, -0.25) is 4.79 Å². The van der Waals surface area contributed by atoms with Crippen LogP contribution in [0.3, 0.4) is 0 Å². The van der Waals surface area contributed by atoms with Crippen LogP contribution in [-0.4, -0.2) is 16.6 Å². The lowest BCUT2D eigenvalue weighted by atomic mass is 9.99. The summed E-state index contributed by atoms with van der Waals surface area (Å²) in [5.41, 5.74) is 4.65. The van der Waals surface area contributed by atoms with E-state index >= 15 is 0 Å². The molecule has 0 aliphatic heterocycles. The fourth-order valence-electron chi connectivity index (χ4n) is 3.23. The summed E-state index contributed by atoms with van der Waals surface area (Å²) in [5.74, 6) is -0.00452. The number of hydrogen-bond donors (Lipinski definition) is 1. The Labute approximate surface area is 218 Å². The number of nitriles is 1. The first-order valence-corrected chi connectivity index (χ1v) is 12.8. The van der Waals surface area contributed by atoms with Crippen LogP contribution in [0.1, 0.15) is 5.56 Å². The number of aromatic nitrogens is 1. The molecule has 4 aromatic rings. The normalized spacial score (nSPS) is 10.5. The number of halogens is 2. The minimum absolute atomic E-state index is 0.144. The van der Waals surface area contributed by atoms with Gasteiger partial charge in [-0.1, -0.05) is 82.3 Å². The molecule has 162 valence electrons. The van der Waals surface area contributed by atoms with Gasteiger partial charge in [0.15, 0.2) is 0 Å². The van der Waals surface area contributed by atoms with E-state index in [-0.39, 0.29) is 11.7 Å². The summed E-state index contributed by atoms with van der Waals surface area (Å²) in [6, 6.07) is 29.5. The Hall–Kier alpha value is -2.67. The molecule has 1 N–H and O–H groups in total. The molecule has 0 atom stereocenters. The average Bonchev–Trinajstić information content (AvgIpc) is 2.84. The molecular weight excluding hydrogens is 609 g/mol. The molecule has 0 radical (unpaired) electrons. The zero-order valence-electron chi connectivity index (χ0n) is 17.3. The summed E-state index contributed by atoms with van der Waals surface area (Å²) < 4.78 is 1.94. The van der Waals surface area contributed by atoms with Crippen LogP contribution in [0.5, 0.6) is 0 Å². The second-order valence-electron chi connectivity index (χ2n) is 7.04. The largest absolute Gasteiger partial charge is 0.324 e. The maximum atomic E-state index is 12.6. The zero-order valence-corrected chi connectivity index (χ0v) is 21.8. The Morgan fingerprint density at radius 2 is 1.70 bits per heavy atom. The first kappa shape index (κ1) is 23.5. The SMILES string of the molecule is N#Cc1c(-c2ccccc2)cc(-c2ccc(Br)cc2)nc1SCC(=O)Nc1ccccc1I. The van der Waals surface area contributed by atoms with Crippen molar-refractivity contribution in [1.29, 1.82) is 5.26 Å². The number of nitrogens with one attached hydrogen (secondary N) is 1. The highest BCUT2D eigenvalue weighted by Crippen LogP contribution is 2.34. The molecule has 0 unspecified atom stereocenters. The van der Waals surface area contributed by atoms with Gasteiger partial charge in [0, 0.05) is 19.2 Å². The van der Waals surface area contributed by atoms with Gasteiger partial charge in [-0.25, -0.2) is 4.98 Å². The van der Waals surface area contributed by atoms with Crippen molar-refractivity contribution in [2.75, 3.05) is 11.1 Å². The Morgan fingerprint density at radius 3 is 2.39 bits per heavy atom. The van der Waals surface area contributed by atoms with E-state index in [4.69, 9.17) is 4.98 Å². The standard InChI is InChI=1S/C26H17BrIN3OS/c27-19-12-10-18(11-13-19)24-14-20(17-6-2-1-3-7-17)21(15-29)26(31-24)33-16-25(32)30-23-9-5-4-8-22(23)28/h1-14H,16H2,(H,30,32). The molecule has 0 aliphatic rings. The third-order valence-corrected chi connectivity index (χ3v) is 7.26. The Kier molecular flexibility index (Phi) is 7.81. The van der Waals surface area contributed by atoms with Crippen molar-refractivity contribution in [2.45, 2.75) is 5.03 Å². The molecule has 0 fully saturated rings. The van der Waals surface area contributed by atoms with Crippen molar-refractivity contribution < 1.29 is 4.79 Å². The molecule has 0 saturated heterocycles. The van der Waals surface area contributed by atoms with Crippen LogP contribution in [0, 0.1) is 14.9 Å². The number of hydrogen-bond acceptors (Lipinski definition) is 4. The topological polar surface area (TPSA) is 65.8 Å². The summed E-state index contributed by atoms with van der Waals surface area (Å²) in [6.45, 7) is 0. The summed E-state index contributed by atoms with van der Waals surface area (Å²) in [5, 5.41) is 13.5. The third kappa shape index (κ3) is 5.82. The predicted octanol–water partition coefficient (Wildman–Crippen LogP) is 7.39. The highest BCUT2D eigenvalue weighted by molar-refractivity contribution is 14.1. The van der Waals surface area contributed by atoms with Gasteiger partial charge in [0.2, 0.25) is 5.91 Å². The minimum Gasteiger partial charge on any atom is -0.324 e. The van der Waals surface area contributed by atoms with E-state index in [1.807, 2.05) is 84.9 Å². The number of benzene rings is 3. The van der Waals surface area contributed by atoms with Crippen LogP contribution in [0.4, 0.5) is 5.69 Å². The number of amides is 1. The molecule has 4 rings (SSSR count). The maximum absolute atomic E-state index is 12.6. The van der Waals surface area contributed by atoms with Crippen molar-refractivity contribution in [3.63, 3.8) is 0 Å². The number of rotatable bonds is 6. The Bertz CT molecular complexity index is 1340. The number of anilines is 1. The van der Waals surface area contributed by atoms with Crippen LogP contribution >= 0.6 is 50.3 Å². The average molecular weight is 626 g/mol. The van der Waals surface area contributed by atoms with Crippen LogP contribution < -0.4 is 5.32 Å². The number of carbonyl (C=O) groups excluding carboxylic acids is 1. The minimum atomic E-state index is -0.148. The molecule has 4 nitrogen and oxygen atoms in total. The van der Waals surface area contributed by atoms with Gasteiger partial charge in [0.1, 0.15) is 11.1 Å². The molecular formula is C26H17BrIN3OS. The lowest BCUT2D eigenvalue weighted by Crippen LogP contribution is -2.15. The van der Waals surface area contributed by atoms with E-state index in [9.17, 15) is 10.1 Å². The molecule has 3 aromatic carbocycles. The van der Waals surface area contributed by atoms with Gasteiger partial charge in [-0.2, -0.15) is 5.26 Å². The quantitative estimate of drug-likeness (QED) is 0.179. The lowest BCUT2D eigenvalue weighted by Gasteiger charge is -2.13. The molecule has 0 aliphatic carbocycles. The fourth-order valence-corrected chi connectivity index (χ4v) is 4.82. The molecule has 1 aromatic heterocycles. The van der Waals surface area contributed by atoms with Crippen molar-refractivity contribution in [3.05, 3.63) is 98.5 Å². The van der Waals surface area contributed by atoms with E-state index in [2.05, 4.69) is 49.9 Å². The van der Waals surface area contributed by atoms with Gasteiger partial charge in [0.05, 0.1) is 22.7 Å². The second kappa shape index (κ2) is 11.0. The van der Waals surface area contributed by atoms with Crippen LogP contribution in [0.15, 0.2) is 94.4 Å². The summed E-state index contributed by atoms with van der Waals surface area (Å²) >= 11 is 6.92. The molecule has 7 heteroatoms. The van der Waals surface area contributed by atoms with Crippen LogP contribution in [-0.2, 0) is 4.79 Å². The van der Waals surface area contributed by atoms with E-state index in [1.165, 1.54) is 11.8 Å². The molecule has 33 heavy (non-hydrogen) atoms. The number of pyridine rings is 1. The van der Waals surface area contributed by atoms with E-state index in [0.29, 0.717) is 10.6 Å². The van der Waals surface area contributed by atoms with Crippen LogP contribution in [0.2, 0.25) is 0 Å². The van der Waals surface area contributed by atoms with Crippen molar-refractivity contribution in [1.82, 2.24) is 4.98 Å². The zero-order chi connectivity index (χ0) is 23.2. The van der Waals surface area contributed by atoms with Gasteiger partial charge >= 0.3 is 0 Å². The number of para-hydroxylation sites is 1. The second-order valence-corrected chi connectivity index (χ2v) is 10.1. The molecule has 0 spiro atoms. The maximum Gasteiger partial charge on any atom is 0.234 e. The van der Waals surface area contributed by atoms with E-state index in [0.717, 1.165) is 36.1 Å². The van der Waals surface area contributed by atoms with Gasteiger partial charge in [-0.05, 0) is 58.5 Å². The predicted molar refractivity (Wildman–Crippen MR) is 146 cm³/mol. The number of carbonyl (C=O) groups is 1. The number of thioether (sulfide) groups is 1. The summed E-state index contributed by atoms with van der Waals surface area (Å²) in [4.78, 5) is 17.4. The first-order valence-electron chi connectivity index (χ1n) is 9.99. The van der Waals surface area contributed by atoms with Gasteiger partial charge < -0.3 is 5.32 Å². The first-order chi connectivity index (χ1) is 16.0. The monoisotopic (exact) mass is 625 g/mol. The highest BCUT2D eigenvalue weighted by Gasteiger charge is 2.17. The van der Waals surface area contributed by atoms with Crippen molar-refractivity contribution in [3.8, 4) is 28.5 Å². The van der Waals surface area contributed by atoms with Gasteiger partial charge in [0.25, 0.3) is 0 Å². The summed E-state index contributed by atoms with van der Waals surface area (Å²) in [6.07, 6.45) is 0. The smallest absolute Gasteiger partial charge is 0.234 e. The van der Waals surface area contributed by atoms with E-state index in [1.54, 1.807) is 0 Å². The van der Waals surface area contributed by atoms with E-state index < -0.39 is 0 Å². The lowest BCUT2D eigenvalue weighted by molar-refractivity contribution is -0.113. The van der Waals surface area contributed by atoms with Crippen LogP contribution in [0.25, 0.3) is 22.4 Å². The van der Waals surface area contributed by atoms with Gasteiger partial charge in [-0.15, -0.1) is 0 Å². The fraction of sp³-hybridized carbons (Fsp3) is 0.0385. The Morgan fingerprint density at radius 1 is 1.00 bits per heavy atom. The van der Waals surface area contributed by atoms with Crippen molar-refractivity contribution >= 4 is 61.9 Å².